The molecule has 3 aromatic rings. The Hall–Kier alpha value is -2.93. The number of amides is 2. The van der Waals surface area contributed by atoms with E-state index in [-0.39, 0.29) is 11.7 Å². The number of carbonyl (C=O) groups is 2. The van der Waals surface area contributed by atoms with E-state index in [4.69, 9.17) is 4.42 Å². The first kappa shape index (κ1) is 19.4. The van der Waals surface area contributed by atoms with E-state index in [2.05, 4.69) is 4.99 Å². The topological polar surface area (TPSA) is 67.8 Å². The van der Waals surface area contributed by atoms with Gasteiger partial charge in [-0.25, -0.2) is 0 Å². The highest BCUT2D eigenvalue weighted by atomic mass is 32.1. The molecule has 1 fully saturated rings. The van der Waals surface area contributed by atoms with Gasteiger partial charge in [-0.2, -0.15) is 4.99 Å². The molecule has 0 bridgehead atoms. The summed E-state index contributed by atoms with van der Waals surface area (Å²) < 4.78 is 7.17. The predicted molar refractivity (Wildman–Crippen MR) is 111 cm³/mol. The van der Waals surface area contributed by atoms with Gasteiger partial charge < -0.3 is 13.9 Å². The monoisotopic (exact) mass is 409 g/mol. The molecule has 7 heteroatoms. The first-order valence-corrected chi connectivity index (χ1v) is 10.5. The molecular formula is C22H23N3O3S. The number of likely N-dealkylation sites (tertiary alicyclic amines) is 1. The fraction of sp³-hybridized carbons (Fsp3) is 0.318. The SMILES string of the molecule is Cc1sc(=NC(=O)c2ccco2)n(Cc2ccccc2C(=O)N2CCCC2)c1C. The summed E-state index contributed by atoms with van der Waals surface area (Å²) in [5, 5.41) is 0. The first-order chi connectivity index (χ1) is 14.0. The lowest BCUT2D eigenvalue weighted by Crippen LogP contribution is -2.29. The average Bonchev–Trinajstić information content (AvgIpc) is 3.48. The normalized spacial score (nSPS) is 14.6. The number of rotatable bonds is 4. The Labute approximate surface area is 173 Å². The summed E-state index contributed by atoms with van der Waals surface area (Å²) in [6.07, 6.45) is 3.58. The Morgan fingerprint density at radius 1 is 1.10 bits per heavy atom. The van der Waals surface area contributed by atoms with E-state index in [0.29, 0.717) is 16.9 Å². The summed E-state index contributed by atoms with van der Waals surface area (Å²) in [4.78, 5) is 33.3. The summed E-state index contributed by atoms with van der Waals surface area (Å²) in [6.45, 7) is 6.13. The molecule has 2 amide bonds. The van der Waals surface area contributed by atoms with Crippen molar-refractivity contribution in [3.05, 3.63) is 74.9 Å². The van der Waals surface area contributed by atoms with Crippen molar-refractivity contribution in [3.63, 3.8) is 0 Å². The molecule has 6 nitrogen and oxygen atoms in total. The number of carbonyl (C=O) groups excluding carboxylic acids is 2. The highest BCUT2D eigenvalue weighted by Gasteiger charge is 2.22. The summed E-state index contributed by atoms with van der Waals surface area (Å²) in [7, 11) is 0. The maximum absolute atomic E-state index is 13.0. The zero-order chi connectivity index (χ0) is 20.4. The summed E-state index contributed by atoms with van der Waals surface area (Å²) in [5.74, 6) is -0.121. The molecule has 0 atom stereocenters. The van der Waals surface area contributed by atoms with Crippen LogP contribution in [0.5, 0.6) is 0 Å². The van der Waals surface area contributed by atoms with E-state index in [1.165, 1.54) is 17.6 Å². The minimum atomic E-state index is -0.411. The molecule has 0 unspecified atom stereocenters. The van der Waals surface area contributed by atoms with Crippen molar-refractivity contribution >= 4 is 23.2 Å². The molecule has 0 spiro atoms. The minimum Gasteiger partial charge on any atom is -0.459 e. The Kier molecular flexibility index (Phi) is 5.49. The first-order valence-electron chi connectivity index (χ1n) is 9.71. The molecule has 0 saturated carbocycles. The Balaban J connectivity index is 1.71. The van der Waals surface area contributed by atoms with Crippen LogP contribution in [0, 0.1) is 13.8 Å². The van der Waals surface area contributed by atoms with Crippen molar-refractivity contribution in [1.82, 2.24) is 9.47 Å². The maximum Gasteiger partial charge on any atom is 0.315 e. The Bertz CT molecular complexity index is 1100. The van der Waals surface area contributed by atoms with Crippen LogP contribution in [0.2, 0.25) is 0 Å². The smallest absolute Gasteiger partial charge is 0.315 e. The van der Waals surface area contributed by atoms with Gasteiger partial charge in [0.2, 0.25) is 0 Å². The van der Waals surface area contributed by atoms with E-state index in [0.717, 1.165) is 42.1 Å². The number of nitrogens with zero attached hydrogens (tertiary/aromatic N) is 3. The van der Waals surface area contributed by atoms with Gasteiger partial charge in [-0.05, 0) is 50.5 Å². The molecule has 0 N–H and O–H groups in total. The van der Waals surface area contributed by atoms with Crippen LogP contribution in [0.4, 0.5) is 0 Å². The molecule has 29 heavy (non-hydrogen) atoms. The van der Waals surface area contributed by atoms with Crippen molar-refractivity contribution in [2.24, 2.45) is 4.99 Å². The molecule has 4 rings (SSSR count). The third-order valence-corrected chi connectivity index (χ3v) is 6.38. The van der Waals surface area contributed by atoms with E-state index < -0.39 is 5.91 Å². The van der Waals surface area contributed by atoms with Gasteiger partial charge >= 0.3 is 5.91 Å². The molecule has 0 aliphatic carbocycles. The minimum absolute atomic E-state index is 0.0773. The molecule has 1 saturated heterocycles. The standard InChI is InChI=1S/C22H23N3O3S/c1-15-16(2)29-22(23-20(26)19-10-7-13-28-19)25(15)14-17-8-3-4-9-18(17)21(27)24-11-5-6-12-24/h3-4,7-10,13H,5-6,11-12,14H2,1-2H3. The van der Waals surface area contributed by atoms with Crippen LogP contribution < -0.4 is 4.80 Å². The third kappa shape index (κ3) is 3.96. The van der Waals surface area contributed by atoms with Crippen molar-refractivity contribution in [3.8, 4) is 0 Å². The van der Waals surface area contributed by atoms with Gasteiger partial charge in [-0.1, -0.05) is 18.2 Å². The molecule has 1 aliphatic rings. The number of hydrogen-bond acceptors (Lipinski definition) is 4. The number of furan rings is 1. The quantitative estimate of drug-likeness (QED) is 0.658. The molecule has 0 radical (unpaired) electrons. The second kappa shape index (κ2) is 8.21. The average molecular weight is 410 g/mol. The highest BCUT2D eigenvalue weighted by molar-refractivity contribution is 7.09. The lowest BCUT2D eigenvalue weighted by molar-refractivity contribution is 0.0791. The molecule has 2 aromatic heterocycles. The van der Waals surface area contributed by atoms with Crippen LogP contribution in [0.15, 0.2) is 52.1 Å². The maximum atomic E-state index is 13.0. The zero-order valence-electron chi connectivity index (χ0n) is 16.6. The van der Waals surface area contributed by atoms with Gasteiger partial charge in [0, 0.05) is 29.2 Å². The van der Waals surface area contributed by atoms with Crippen LogP contribution in [0.1, 0.15) is 49.9 Å². The summed E-state index contributed by atoms with van der Waals surface area (Å²) >= 11 is 1.46. The predicted octanol–water partition coefficient (Wildman–Crippen LogP) is 3.78. The van der Waals surface area contributed by atoms with Gasteiger partial charge in [-0.15, -0.1) is 11.3 Å². The second-order valence-electron chi connectivity index (χ2n) is 7.16. The Morgan fingerprint density at radius 2 is 1.86 bits per heavy atom. The van der Waals surface area contributed by atoms with Gasteiger partial charge in [0.05, 0.1) is 12.8 Å². The third-order valence-electron chi connectivity index (χ3n) is 5.29. The van der Waals surface area contributed by atoms with Gasteiger partial charge in [-0.3, -0.25) is 9.59 Å². The van der Waals surface area contributed by atoms with E-state index in [9.17, 15) is 9.59 Å². The van der Waals surface area contributed by atoms with Gasteiger partial charge in [0.15, 0.2) is 10.6 Å². The lowest BCUT2D eigenvalue weighted by Gasteiger charge is -2.18. The number of aromatic nitrogens is 1. The molecular weight excluding hydrogens is 386 g/mol. The second-order valence-corrected chi connectivity index (χ2v) is 8.34. The fourth-order valence-corrected chi connectivity index (χ4v) is 4.51. The summed E-state index contributed by atoms with van der Waals surface area (Å²) in [5.41, 5.74) is 2.68. The van der Waals surface area contributed by atoms with Crippen LogP contribution in [0.3, 0.4) is 0 Å². The lowest BCUT2D eigenvalue weighted by atomic mass is 10.1. The molecule has 1 aliphatic heterocycles. The zero-order valence-corrected chi connectivity index (χ0v) is 17.4. The Morgan fingerprint density at radius 3 is 2.59 bits per heavy atom. The van der Waals surface area contributed by atoms with E-state index in [1.807, 2.05) is 47.6 Å². The van der Waals surface area contributed by atoms with Crippen molar-refractivity contribution in [2.45, 2.75) is 33.2 Å². The number of aryl methyl sites for hydroxylation is 1. The van der Waals surface area contributed by atoms with Crippen molar-refractivity contribution in [1.29, 1.82) is 0 Å². The largest absolute Gasteiger partial charge is 0.459 e. The van der Waals surface area contributed by atoms with Crippen molar-refractivity contribution < 1.29 is 14.0 Å². The highest BCUT2D eigenvalue weighted by Crippen LogP contribution is 2.19. The number of hydrogen-bond donors (Lipinski definition) is 0. The van der Waals surface area contributed by atoms with Crippen molar-refractivity contribution in [2.75, 3.05) is 13.1 Å². The molecule has 150 valence electrons. The fourth-order valence-electron chi connectivity index (χ4n) is 3.54. The number of thiazole rings is 1. The van der Waals surface area contributed by atoms with Crippen LogP contribution in [-0.2, 0) is 6.54 Å². The van der Waals surface area contributed by atoms with Crippen LogP contribution >= 0.6 is 11.3 Å². The van der Waals surface area contributed by atoms with E-state index >= 15 is 0 Å². The van der Waals surface area contributed by atoms with E-state index in [1.54, 1.807) is 12.1 Å². The van der Waals surface area contributed by atoms with Gasteiger partial charge in [0.1, 0.15) is 0 Å². The number of benzene rings is 1. The molecule has 3 heterocycles. The van der Waals surface area contributed by atoms with Gasteiger partial charge in [0.25, 0.3) is 5.91 Å². The van der Waals surface area contributed by atoms with Crippen LogP contribution in [-0.4, -0.2) is 34.4 Å². The molecule has 1 aromatic carbocycles. The van der Waals surface area contributed by atoms with Crippen LogP contribution in [0.25, 0.3) is 0 Å². The summed E-state index contributed by atoms with van der Waals surface area (Å²) in [6, 6.07) is 11.0.